The first-order valence-corrected chi connectivity index (χ1v) is 24.6. The number of benzene rings is 9. The van der Waals surface area contributed by atoms with E-state index >= 15 is 0 Å². The van der Waals surface area contributed by atoms with Crippen LogP contribution in [0.2, 0.25) is 0 Å². The molecule has 0 N–H and O–H groups in total. The fourth-order valence-electron chi connectivity index (χ4n) is 12.0. The van der Waals surface area contributed by atoms with Crippen molar-refractivity contribution in [2.45, 2.75) is 65.2 Å². The molecular formula is C64H54BN3O. The third-order valence-electron chi connectivity index (χ3n) is 15.6. The number of para-hydroxylation sites is 3. The van der Waals surface area contributed by atoms with Gasteiger partial charge in [-0.3, -0.25) is 0 Å². The van der Waals surface area contributed by atoms with E-state index < -0.39 is 0 Å². The molecule has 13 rings (SSSR count). The van der Waals surface area contributed by atoms with Crippen molar-refractivity contribution in [1.29, 1.82) is 0 Å². The van der Waals surface area contributed by atoms with Gasteiger partial charge in [0.15, 0.2) is 0 Å². The van der Waals surface area contributed by atoms with Crippen molar-refractivity contribution in [2.24, 2.45) is 0 Å². The van der Waals surface area contributed by atoms with Gasteiger partial charge in [0.1, 0.15) is 11.2 Å². The van der Waals surface area contributed by atoms with E-state index in [1.165, 1.54) is 78.2 Å². The second kappa shape index (κ2) is 15.4. The summed E-state index contributed by atoms with van der Waals surface area (Å²) in [6, 6.07) is 71.9. The number of anilines is 9. The Labute approximate surface area is 406 Å². The molecule has 0 spiro atoms. The van der Waals surface area contributed by atoms with Gasteiger partial charge in [-0.1, -0.05) is 137 Å². The predicted octanol–water partition coefficient (Wildman–Crippen LogP) is 15.8. The molecule has 0 unspecified atom stereocenters. The van der Waals surface area contributed by atoms with Crippen LogP contribution in [0.5, 0.6) is 0 Å². The van der Waals surface area contributed by atoms with Crippen molar-refractivity contribution >= 4 is 96.2 Å². The van der Waals surface area contributed by atoms with Crippen LogP contribution in [0, 0.1) is 13.8 Å². The van der Waals surface area contributed by atoms with Crippen LogP contribution in [0.3, 0.4) is 0 Å². The molecule has 0 bridgehead atoms. The van der Waals surface area contributed by atoms with Gasteiger partial charge in [0, 0.05) is 50.9 Å². The second-order valence-corrected chi connectivity index (χ2v) is 20.9. The molecule has 0 radical (unpaired) electrons. The Morgan fingerprint density at radius 1 is 0.449 bits per heavy atom. The second-order valence-electron chi connectivity index (χ2n) is 20.9. The van der Waals surface area contributed by atoms with Crippen molar-refractivity contribution in [2.75, 3.05) is 14.7 Å². The third-order valence-corrected chi connectivity index (χ3v) is 15.6. The van der Waals surface area contributed by atoms with Gasteiger partial charge in [-0.15, -0.1) is 0 Å². The van der Waals surface area contributed by atoms with Gasteiger partial charge in [-0.05, 0) is 172 Å². The molecule has 9 aromatic carbocycles. The van der Waals surface area contributed by atoms with E-state index in [4.69, 9.17) is 4.42 Å². The number of nitrogens with zero attached hydrogens (tertiary/aromatic N) is 3. The Bertz CT molecular complexity index is 3630. The molecule has 3 heterocycles. The smallest absolute Gasteiger partial charge is 0.252 e. The Balaban J connectivity index is 1.16. The lowest BCUT2D eigenvalue weighted by molar-refractivity contribution is 0.332. The molecule has 334 valence electrons. The normalized spacial score (nSPS) is 15.1. The lowest BCUT2D eigenvalue weighted by Gasteiger charge is -2.48. The van der Waals surface area contributed by atoms with E-state index in [0.29, 0.717) is 0 Å². The minimum absolute atomic E-state index is 0.00498. The van der Waals surface area contributed by atoms with Gasteiger partial charge in [0.25, 0.3) is 6.71 Å². The van der Waals surface area contributed by atoms with Gasteiger partial charge in [0.05, 0.1) is 11.1 Å². The summed E-state index contributed by atoms with van der Waals surface area (Å²) in [6.07, 6.45) is 2.28. The molecule has 0 fully saturated rings. The summed E-state index contributed by atoms with van der Waals surface area (Å²) in [7, 11) is 0. The minimum atomic E-state index is -0.0782. The summed E-state index contributed by atoms with van der Waals surface area (Å²) >= 11 is 0. The van der Waals surface area contributed by atoms with E-state index in [0.717, 1.165) is 57.5 Å². The van der Waals surface area contributed by atoms with E-state index in [1.54, 1.807) is 0 Å². The lowest BCUT2D eigenvalue weighted by Crippen LogP contribution is -2.62. The van der Waals surface area contributed by atoms with Gasteiger partial charge in [-0.2, -0.15) is 0 Å². The Morgan fingerprint density at radius 2 is 1.04 bits per heavy atom. The molecule has 2 aliphatic heterocycles. The number of fused-ring (bicyclic) bond motifs is 8. The summed E-state index contributed by atoms with van der Waals surface area (Å²) in [5, 5.41) is 2.23. The maximum absolute atomic E-state index is 6.64. The molecule has 1 aliphatic carbocycles. The van der Waals surface area contributed by atoms with Crippen LogP contribution in [0.25, 0.3) is 33.1 Å². The van der Waals surface area contributed by atoms with Crippen molar-refractivity contribution < 1.29 is 4.42 Å². The van der Waals surface area contributed by atoms with Crippen molar-refractivity contribution in [1.82, 2.24) is 0 Å². The fourth-order valence-corrected chi connectivity index (χ4v) is 12.0. The highest BCUT2D eigenvalue weighted by atomic mass is 16.3. The minimum Gasteiger partial charge on any atom is -0.456 e. The van der Waals surface area contributed by atoms with E-state index in [-0.39, 0.29) is 17.5 Å². The third kappa shape index (κ3) is 6.43. The first kappa shape index (κ1) is 41.4. The zero-order valence-electron chi connectivity index (χ0n) is 40.2. The van der Waals surface area contributed by atoms with E-state index in [2.05, 4.69) is 250 Å². The van der Waals surface area contributed by atoms with Gasteiger partial charge >= 0.3 is 0 Å². The van der Waals surface area contributed by atoms with Crippen LogP contribution >= 0.6 is 0 Å². The SMILES string of the molecule is Cc1cc2c3c(c1)N(c1cccc4oc5ccccc5c14)c1ccc(N(c4ccccc4)c4ccccc4)cc1B3c1cc3c(cc1N2c1cc(-c2ccccc2)ccc1C)C(C)(C)CCC3(C)C. The van der Waals surface area contributed by atoms with Crippen LogP contribution in [0.1, 0.15) is 62.8 Å². The van der Waals surface area contributed by atoms with Crippen LogP contribution in [-0.4, -0.2) is 6.71 Å². The molecule has 0 atom stereocenters. The fraction of sp³-hybridized carbons (Fsp3) is 0.156. The molecule has 1 aromatic heterocycles. The molecular weight excluding hydrogens is 838 g/mol. The van der Waals surface area contributed by atoms with Crippen LogP contribution < -0.4 is 31.1 Å². The summed E-state index contributed by atoms with van der Waals surface area (Å²) in [5.74, 6) is 0. The molecule has 4 nitrogen and oxygen atoms in total. The number of rotatable bonds is 6. The molecule has 10 aromatic rings. The van der Waals surface area contributed by atoms with Gasteiger partial charge < -0.3 is 19.1 Å². The van der Waals surface area contributed by atoms with E-state index in [9.17, 15) is 0 Å². The van der Waals surface area contributed by atoms with Gasteiger partial charge in [0.2, 0.25) is 0 Å². The molecule has 0 saturated carbocycles. The highest BCUT2D eigenvalue weighted by Gasteiger charge is 2.47. The maximum atomic E-state index is 6.64. The van der Waals surface area contributed by atoms with Gasteiger partial charge in [-0.25, -0.2) is 0 Å². The summed E-state index contributed by atoms with van der Waals surface area (Å²) in [4.78, 5) is 7.61. The molecule has 3 aliphatic rings. The maximum Gasteiger partial charge on any atom is 0.252 e. The number of furan rings is 1. The molecule has 69 heavy (non-hydrogen) atoms. The zero-order chi connectivity index (χ0) is 46.8. The first-order valence-electron chi connectivity index (χ1n) is 24.6. The monoisotopic (exact) mass is 891 g/mol. The average molecular weight is 892 g/mol. The molecule has 5 heteroatoms. The average Bonchev–Trinajstić information content (AvgIpc) is 3.76. The number of aryl methyl sites for hydroxylation is 2. The highest BCUT2D eigenvalue weighted by molar-refractivity contribution is 7.00. The summed E-state index contributed by atoms with van der Waals surface area (Å²) in [6.45, 7) is 14.3. The van der Waals surface area contributed by atoms with Crippen LogP contribution in [0.4, 0.5) is 51.2 Å². The standard InChI is InChI=1S/C64H54BN3O/c1-41-35-57-62-58(36-41)68(55-37-44(30-29-42(55)2)43-19-10-7-11-20-43)56-40-50-49(63(3,4)33-34-64(50,5)6)39-52(56)65(62)51-38-47(66(45-21-12-8-13-22-45)46-23-14-9-15-24-46)31-32-53(51)67(57)54-26-18-28-60-61(54)48-25-16-17-27-59(48)69-60/h7-32,35-40H,33-34H2,1-6H3. The highest BCUT2D eigenvalue weighted by Crippen LogP contribution is 2.52. The van der Waals surface area contributed by atoms with Crippen molar-refractivity contribution in [3.8, 4) is 11.1 Å². The summed E-state index contributed by atoms with van der Waals surface area (Å²) in [5.41, 5.74) is 24.0. The largest absolute Gasteiger partial charge is 0.456 e. The number of hydrogen-bond acceptors (Lipinski definition) is 4. The van der Waals surface area contributed by atoms with Crippen LogP contribution in [-0.2, 0) is 10.8 Å². The van der Waals surface area contributed by atoms with Crippen LogP contribution in [0.15, 0.2) is 199 Å². The first-order chi connectivity index (χ1) is 33.5. The topological polar surface area (TPSA) is 22.9 Å². The summed E-state index contributed by atoms with van der Waals surface area (Å²) < 4.78 is 6.64. The Morgan fingerprint density at radius 3 is 1.74 bits per heavy atom. The predicted molar refractivity (Wildman–Crippen MR) is 293 cm³/mol. The lowest BCUT2D eigenvalue weighted by atomic mass is 9.33. The molecule has 0 amide bonds. The van der Waals surface area contributed by atoms with Crippen molar-refractivity contribution in [3.05, 3.63) is 216 Å². The zero-order valence-corrected chi connectivity index (χ0v) is 40.2. The Hall–Kier alpha value is -7.76. The quantitative estimate of drug-likeness (QED) is 0.155. The van der Waals surface area contributed by atoms with Crippen molar-refractivity contribution in [3.63, 3.8) is 0 Å². The molecule has 0 saturated heterocycles. The Kier molecular flexibility index (Phi) is 9.24. The van der Waals surface area contributed by atoms with E-state index in [1.807, 2.05) is 0 Å². The number of hydrogen-bond donors (Lipinski definition) is 0.